The first-order valence-electron chi connectivity index (χ1n) is 7.91. The van der Waals surface area contributed by atoms with E-state index in [9.17, 15) is 9.59 Å². The normalized spacial score (nSPS) is 41.2. The number of nitrogens with zero attached hydrogens (tertiary/aromatic N) is 2. The number of benzene rings is 1. The van der Waals surface area contributed by atoms with Crippen LogP contribution in [0.15, 0.2) is 47.6 Å². The molecule has 0 spiro atoms. The van der Waals surface area contributed by atoms with Crippen LogP contribution in [0.4, 0.5) is 0 Å². The predicted molar refractivity (Wildman–Crippen MR) is 80.6 cm³/mol. The van der Waals surface area contributed by atoms with Crippen LogP contribution in [0.25, 0.3) is 0 Å². The lowest BCUT2D eigenvalue weighted by atomic mass is 9.63. The fourth-order valence-electron chi connectivity index (χ4n) is 4.72. The minimum absolute atomic E-state index is 0.105. The summed E-state index contributed by atoms with van der Waals surface area (Å²) in [5.74, 6) is 1.23. The molecule has 0 unspecified atom stereocenters. The molecule has 2 amide bonds. The standard InChI is InChI=1S/C18H16N2O2/c21-17-15-11-6-7-12(14-8-13(11)14)16(15)18(22)20(17)19-9-10-4-2-1-3-5-10/h1-7,9,11-16H,8H2/b19-9-/t11-,12-,13-,14+,15-,16+/m0/s1. The summed E-state index contributed by atoms with van der Waals surface area (Å²) in [6.45, 7) is 0. The molecule has 22 heavy (non-hydrogen) atoms. The number of carbonyl (C=O) groups excluding carboxylic acids is 2. The monoisotopic (exact) mass is 292 g/mol. The molecule has 4 aliphatic carbocycles. The van der Waals surface area contributed by atoms with Gasteiger partial charge in [0.05, 0.1) is 18.1 Å². The summed E-state index contributed by atoms with van der Waals surface area (Å²) in [6, 6.07) is 9.55. The molecule has 110 valence electrons. The van der Waals surface area contributed by atoms with E-state index in [-0.39, 0.29) is 35.5 Å². The van der Waals surface area contributed by atoms with Gasteiger partial charge in [-0.1, -0.05) is 42.5 Å². The zero-order valence-electron chi connectivity index (χ0n) is 12.0. The maximum Gasteiger partial charge on any atom is 0.254 e. The molecule has 5 aliphatic rings. The Labute approximate surface area is 128 Å². The number of imide groups is 1. The summed E-state index contributed by atoms with van der Waals surface area (Å²) in [5, 5.41) is 5.32. The molecule has 2 bridgehead atoms. The van der Waals surface area contributed by atoms with Gasteiger partial charge in [-0.3, -0.25) is 9.59 Å². The molecule has 0 N–H and O–H groups in total. The van der Waals surface area contributed by atoms with Crippen molar-refractivity contribution >= 4 is 18.0 Å². The maximum atomic E-state index is 12.7. The van der Waals surface area contributed by atoms with Crippen LogP contribution in [0.5, 0.6) is 0 Å². The van der Waals surface area contributed by atoms with E-state index in [1.54, 1.807) is 6.21 Å². The second-order valence-corrected chi connectivity index (χ2v) is 6.80. The van der Waals surface area contributed by atoms with Crippen molar-refractivity contribution in [1.82, 2.24) is 5.01 Å². The summed E-state index contributed by atoms with van der Waals surface area (Å²) in [4.78, 5) is 25.4. The fourth-order valence-corrected chi connectivity index (χ4v) is 4.72. The molecular formula is C18H16N2O2. The lowest BCUT2D eigenvalue weighted by Crippen LogP contribution is -2.40. The van der Waals surface area contributed by atoms with Gasteiger partial charge in [-0.25, -0.2) is 0 Å². The van der Waals surface area contributed by atoms with Crippen LogP contribution >= 0.6 is 0 Å². The van der Waals surface area contributed by atoms with E-state index in [2.05, 4.69) is 17.3 Å². The molecule has 6 atom stereocenters. The molecule has 4 heteroatoms. The third-order valence-corrected chi connectivity index (χ3v) is 5.76. The molecule has 1 aromatic rings. The van der Waals surface area contributed by atoms with Crippen LogP contribution in [-0.2, 0) is 9.59 Å². The molecule has 4 nitrogen and oxygen atoms in total. The smallest absolute Gasteiger partial charge is 0.254 e. The highest BCUT2D eigenvalue weighted by Gasteiger charge is 2.67. The molecule has 1 heterocycles. The SMILES string of the molecule is O=C1[C@@H]2[C@H]3C=C[C@@H]([C@@H]4C[C@H]34)[C@@H]2C(=O)N1/N=C\c1ccccc1. The molecule has 6 rings (SSSR count). The van der Waals surface area contributed by atoms with Crippen molar-refractivity contribution in [3.8, 4) is 0 Å². The van der Waals surface area contributed by atoms with E-state index in [1.807, 2.05) is 30.3 Å². The maximum absolute atomic E-state index is 12.7. The van der Waals surface area contributed by atoms with Gasteiger partial charge < -0.3 is 0 Å². The summed E-state index contributed by atoms with van der Waals surface area (Å²) >= 11 is 0. The Bertz CT molecular complexity index is 688. The predicted octanol–water partition coefficient (Wildman–Crippen LogP) is 2.07. The van der Waals surface area contributed by atoms with E-state index >= 15 is 0 Å². The van der Waals surface area contributed by atoms with Crippen molar-refractivity contribution in [3.05, 3.63) is 48.0 Å². The Morgan fingerprint density at radius 3 is 2.14 bits per heavy atom. The van der Waals surface area contributed by atoms with Crippen molar-refractivity contribution in [2.24, 2.45) is 40.6 Å². The second-order valence-electron chi connectivity index (χ2n) is 6.80. The third-order valence-electron chi connectivity index (χ3n) is 5.76. The van der Waals surface area contributed by atoms with Crippen molar-refractivity contribution in [3.63, 3.8) is 0 Å². The average Bonchev–Trinajstić information content (AvgIpc) is 3.33. The van der Waals surface area contributed by atoms with Gasteiger partial charge in [0.25, 0.3) is 11.8 Å². The Hall–Kier alpha value is -2.23. The highest BCUT2D eigenvalue weighted by molar-refractivity contribution is 6.06. The number of rotatable bonds is 2. The van der Waals surface area contributed by atoms with Crippen molar-refractivity contribution < 1.29 is 9.59 Å². The van der Waals surface area contributed by atoms with E-state index in [4.69, 9.17) is 0 Å². The Kier molecular flexibility index (Phi) is 2.33. The Morgan fingerprint density at radius 1 is 0.955 bits per heavy atom. The van der Waals surface area contributed by atoms with Crippen LogP contribution in [0.1, 0.15) is 12.0 Å². The zero-order chi connectivity index (χ0) is 14.8. The second kappa shape index (κ2) is 4.15. The van der Waals surface area contributed by atoms with E-state index < -0.39 is 0 Å². The van der Waals surface area contributed by atoms with Gasteiger partial charge in [0, 0.05) is 0 Å². The fraction of sp³-hybridized carbons (Fsp3) is 0.389. The molecule has 3 fully saturated rings. The highest BCUT2D eigenvalue weighted by Crippen LogP contribution is 2.65. The minimum Gasteiger partial charge on any atom is -0.272 e. The van der Waals surface area contributed by atoms with Crippen molar-refractivity contribution in [2.75, 3.05) is 0 Å². The lowest BCUT2D eigenvalue weighted by Gasteiger charge is -2.37. The Morgan fingerprint density at radius 2 is 1.55 bits per heavy atom. The largest absolute Gasteiger partial charge is 0.272 e. The molecule has 1 saturated heterocycles. The molecule has 0 aromatic heterocycles. The number of allylic oxidation sites excluding steroid dienone is 2. The lowest BCUT2D eigenvalue weighted by molar-refractivity contribution is -0.140. The van der Waals surface area contributed by atoms with Crippen LogP contribution in [0, 0.1) is 35.5 Å². The number of carbonyl (C=O) groups is 2. The molecule has 0 radical (unpaired) electrons. The van der Waals surface area contributed by atoms with Gasteiger partial charge in [0.15, 0.2) is 0 Å². The van der Waals surface area contributed by atoms with Crippen LogP contribution in [0.2, 0.25) is 0 Å². The Balaban J connectivity index is 1.46. The molecular weight excluding hydrogens is 276 g/mol. The van der Waals surface area contributed by atoms with Gasteiger partial charge in [-0.05, 0) is 35.7 Å². The first-order valence-corrected chi connectivity index (χ1v) is 7.91. The van der Waals surface area contributed by atoms with Crippen LogP contribution < -0.4 is 0 Å². The number of hydrogen-bond acceptors (Lipinski definition) is 3. The van der Waals surface area contributed by atoms with Gasteiger partial charge in [0.2, 0.25) is 0 Å². The summed E-state index contributed by atoms with van der Waals surface area (Å²) in [7, 11) is 0. The molecule has 1 aromatic carbocycles. The average molecular weight is 292 g/mol. The molecule has 1 aliphatic heterocycles. The van der Waals surface area contributed by atoms with E-state index in [1.165, 1.54) is 6.42 Å². The van der Waals surface area contributed by atoms with Gasteiger partial charge in [-0.15, -0.1) is 0 Å². The number of amides is 2. The van der Waals surface area contributed by atoms with Gasteiger partial charge in [-0.2, -0.15) is 10.1 Å². The van der Waals surface area contributed by atoms with Gasteiger partial charge in [0.1, 0.15) is 0 Å². The van der Waals surface area contributed by atoms with E-state index in [0.29, 0.717) is 11.8 Å². The third kappa shape index (κ3) is 1.50. The highest BCUT2D eigenvalue weighted by atomic mass is 16.2. The van der Waals surface area contributed by atoms with Crippen LogP contribution in [-0.4, -0.2) is 23.0 Å². The van der Waals surface area contributed by atoms with Crippen LogP contribution in [0.3, 0.4) is 0 Å². The molecule has 2 saturated carbocycles. The summed E-state index contributed by atoms with van der Waals surface area (Å²) in [6.07, 6.45) is 7.14. The zero-order valence-corrected chi connectivity index (χ0v) is 12.0. The minimum atomic E-state index is -0.167. The quantitative estimate of drug-likeness (QED) is 0.476. The van der Waals surface area contributed by atoms with Crippen molar-refractivity contribution in [2.45, 2.75) is 6.42 Å². The number of hydrogen-bond donors (Lipinski definition) is 0. The summed E-state index contributed by atoms with van der Waals surface area (Å²) in [5.41, 5.74) is 0.891. The first-order chi connectivity index (χ1) is 10.8. The van der Waals surface area contributed by atoms with Crippen molar-refractivity contribution in [1.29, 1.82) is 0 Å². The van der Waals surface area contributed by atoms with Gasteiger partial charge >= 0.3 is 0 Å². The number of hydrazone groups is 1. The first kappa shape index (κ1) is 12.3. The topological polar surface area (TPSA) is 49.7 Å². The summed E-state index contributed by atoms with van der Waals surface area (Å²) < 4.78 is 0. The van der Waals surface area contributed by atoms with E-state index in [0.717, 1.165) is 10.6 Å².